The number of aryl methyl sites for hydroxylation is 1. The highest BCUT2D eigenvalue weighted by Crippen LogP contribution is 2.28. The van der Waals surface area contributed by atoms with Crippen LogP contribution in [0.3, 0.4) is 0 Å². The SMILES string of the molecule is CCn1cc([N+](=O)[O-])c(C(=O)Nc2ccc([N+](=O)[O-])cc2O)n1. The third kappa shape index (κ3) is 3.23. The van der Waals surface area contributed by atoms with Crippen molar-refractivity contribution < 1.29 is 19.7 Å². The smallest absolute Gasteiger partial charge is 0.320 e. The number of hydrogen-bond donors (Lipinski definition) is 2. The van der Waals surface area contributed by atoms with Crippen molar-refractivity contribution in [2.75, 3.05) is 5.32 Å². The molecule has 0 saturated carbocycles. The van der Waals surface area contributed by atoms with Gasteiger partial charge < -0.3 is 10.4 Å². The summed E-state index contributed by atoms with van der Waals surface area (Å²) in [6.07, 6.45) is 1.12. The summed E-state index contributed by atoms with van der Waals surface area (Å²) >= 11 is 0. The minimum atomic E-state index is -0.909. The van der Waals surface area contributed by atoms with Crippen molar-refractivity contribution in [3.8, 4) is 5.75 Å². The molecule has 1 heterocycles. The van der Waals surface area contributed by atoms with Crippen molar-refractivity contribution in [3.63, 3.8) is 0 Å². The Morgan fingerprint density at radius 3 is 2.57 bits per heavy atom. The lowest BCUT2D eigenvalue weighted by Gasteiger charge is -2.05. The summed E-state index contributed by atoms with van der Waals surface area (Å²) in [4.78, 5) is 32.2. The molecule has 0 aliphatic rings. The Labute approximate surface area is 128 Å². The van der Waals surface area contributed by atoms with Crippen LogP contribution in [-0.4, -0.2) is 30.6 Å². The molecule has 0 radical (unpaired) electrons. The van der Waals surface area contributed by atoms with E-state index < -0.39 is 32.9 Å². The van der Waals surface area contributed by atoms with E-state index in [1.54, 1.807) is 6.92 Å². The van der Waals surface area contributed by atoms with Gasteiger partial charge in [-0.05, 0) is 13.0 Å². The average Bonchev–Trinajstić information content (AvgIpc) is 2.93. The zero-order valence-electron chi connectivity index (χ0n) is 11.8. The van der Waals surface area contributed by atoms with Crippen molar-refractivity contribution in [1.82, 2.24) is 9.78 Å². The molecule has 23 heavy (non-hydrogen) atoms. The minimum absolute atomic E-state index is 0.124. The Morgan fingerprint density at radius 1 is 1.35 bits per heavy atom. The second kappa shape index (κ2) is 6.09. The number of amides is 1. The number of phenols is 1. The minimum Gasteiger partial charge on any atom is -0.506 e. The lowest BCUT2D eigenvalue weighted by Crippen LogP contribution is -2.15. The first-order valence-electron chi connectivity index (χ1n) is 6.34. The van der Waals surface area contributed by atoms with Crippen molar-refractivity contribution in [1.29, 1.82) is 0 Å². The van der Waals surface area contributed by atoms with Gasteiger partial charge in [0.1, 0.15) is 11.9 Å². The molecule has 1 amide bonds. The van der Waals surface area contributed by atoms with E-state index in [1.807, 2.05) is 0 Å². The van der Waals surface area contributed by atoms with Crippen LogP contribution in [0.25, 0.3) is 0 Å². The Kier molecular flexibility index (Phi) is 4.21. The fourth-order valence-electron chi connectivity index (χ4n) is 1.79. The number of rotatable bonds is 5. The molecule has 0 aliphatic carbocycles. The van der Waals surface area contributed by atoms with E-state index in [-0.39, 0.29) is 11.4 Å². The maximum atomic E-state index is 12.1. The van der Waals surface area contributed by atoms with Crippen LogP contribution in [0.1, 0.15) is 17.4 Å². The molecule has 0 aliphatic heterocycles. The van der Waals surface area contributed by atoms with Gasteiger partial charge in [-0.2, -0.15) is 5.10 Å². The molecule has 2 aromatic rings. The molecule has 0 bridgehead atoms. The fraction of sp³-hybridized carbons (Fsp3) is 0.167. The molecule has 0 unspecified atom stereocenters. The monoisotopic (exact) mass is 321 g/mol. The van der Waals surface area contributed by atoms with Gasteiger partial charge in [-0.15, -0.1) is 0 Å². The number of anilines is 1. The summed E-state index contributed by atoms with van der Waals surface area (Å²) in [6, 6.07) is 3.05. The number of benzene rings is 1. The number of carbonyl (C=O) groups excluding carboxylic acids is 1. The van der Waals surface area contributed by atoms with Crippen LogP contribution in [0, 0.1) is 20.2 Å². The van der Waals surface area contributed by atoms with Gasteiger partial charge in [0, 0.05) is 12.6 Å². The first kappa shape index (κ1) is 15.9. The summed E-state index contributed by atoms with van der Waals surface area (Å²) in [5.41, 5.74) is -1.39. The van der Waals surface area contributed by atoms with E-state index in [0.717, 1.165) is 24.4 Å². The average molecular weight is 321 g/mol. The summed E-state index contributed by atoms with van der Waals surface area (Å²) in [5, 5.41) is 37.2. The zero-order chi connectivity index (χ0) is 17.1. The number of non-ortho nitro benzene ring substituents is 1. The molecule has 120 valence electrons. The third-order valence-corrected chi connectivity index (χ3v) is 2.92. The van der Waals surface area contributed by atoms with Gasteiger partial charge in [0.2, 0.25) is 5.69 Å². The number of carbonyl (C=O) groups is 1. The molecule has 0 spiro atoms. The highest BCUT2D eigenvalue weighted by molar-refractivity contribution is 6.06. The first-order chi connectivity index (χ1) is 10.8. The highest BCUT2D eigenvalue weighted by Gasteiger charge is 2.26. The van der Waals surface area contributed by atoms with Crippen LogP contribution < -0.4 is 5.32 Å². The van der Waals surface area contributed by atoms with E-state index in [4.69, 9.17) is 0 Å². The van der Waals surface area contributed by atoms with E-state index in [0.29, 0.717) is 6.54 Å². The Hall–Kier alpha value is -3.50. The molecule has 11 heteroatoms. The summed E-state index contributed by atoms with van der Waals surface area (Å²) in [6.45, 7) is 2.03. The van der Waals surface area contributed by atoms with Crippen LogP contribution in [-0.2, 0) is 6.54 Å². The first-order valence-corrected chi connectivity index (χ1v) is 6.34. The van der Waals surface area contributed by atoms with Crippen molar-refractivity contribution in [3.05, 3.63) is 50.3 Å². The number of aromatic hydroxyl groups is 1. The summed E-state index contributed by atoms with van der Waals surface area (Å²) < 4.78 is 1.22. The molecule has 0 atom stereocenters. The molecule has 2 N–H and O–H groups in total. The number of nitro benzene ring substituents is 1. The lowest BCUT2D eigenvalue weighted by atomic mass is 10.2. The lowest BCUT2D eigenvalue weighted by molar-refractivity contribution is -0.385. The molecule has 0 fully saturated rings. The van der Waals surface area contributed by atoms with Gasteiger partial charge in [-0.25, -0.2) is 0 Å². The van der Waals surface area contributed by atoms with E-state index in [9.17, 15) is 30.1 Å². The number of nitro groups is 2. The largest absolute Gasteiger partial charge is 0.506 e. The Balaban J connectivity index is 2.31. The van der Waals surface area contributed by atoms with Gasteiger partial charge in [0.05, 0.1) is 21.6 Å². The van der Waals surface area contributed by atoms with Gasteiger partial charge in [-0.1, -0.05) is 0 Å². The molecule has 11 nitrogen and oxygen atoms in total. The number of hydrogen-bond acceptors (Lipinski definition) is 7. The van der Waals surface area contributed by atoms with Crippen molar-refractivity contribution in [2.24, 2.45) is 0 Å². The van der Waals surface area contributed by atoms with E-state index in [2.05, 4.69) is 10.4 Å². The van der Waals surface area contributed by atoms with E-state index >= 15 is 0 Å². The van der Waals surface area contributed by atoms with Crippen LogP contribution in [0.4, 0.5) is 17.1 Å². The Morgan fingerprint density at radius 2 is 2.04 bits per heavy atom. The Bertz CT molecular complexity index is 799. The molecular formula is C12H11N5O6. The van der Waals surface area contributed by atoms with Crippen molar-refractivity contribution in [2.45, 2.75) is 13.5 Å². The predicted molar refractivity (Wildman–Crippen MR) is 77.3 cm³/mol. The van der Waals surface area contributed by atoms with Gasteiger partial charge in [-0.3, -0.25) is 29.7 Å². The number of nitrogens with one attached hydrogen (secondary N) is 1. The molecule has 1 aromatic heterocycles. The van der Waals surface area contributed by atoms with Crippen LogP contribution in [0.15, 0.2) is 24.4 Å². The molecule has 0 saturated heterocycles. The van der Waals surface area contributed by atoms with Gasteiger partial charge >= 0.3 is 5.69 Å². The van der Waals surface area contributed by atoms with Gasteiger partial charge in [0.25, 0.3) is 11.6 Å². The van der Waals surface area contributed by atoms with Crippen LogP contribution >= 0.6 is 0 Å². The number of nitrogens with zero attached hydrogens (tertiary/aromatic N) is 4. The van der Waals surface area contributed by atoms with Crippen molar-refractivity contribution >= 4 is 23.0 Å². The normalized spacial score (nSPS) is 10.3. The molecular weight excluding hydrogens is 310 g/mol. The van der Waals surface area contributed by atoms with E-state index in [1.165, 1.54) is 4.68 Å². The molecule has 2 rings (SSSR count). The second-order valence-electron chi connectivity index (χ2n) is 4.39. The molecule has 1 aromatic carbocycles. The zero-order valence-corrected chi connectivity index (χ0v) is 11.8. The summed E-state index contributed by atoms with van der Waals surface area (Å²) in [5.74, 6) is -1.45. The van der Waals surface area contributed by atoms with Crippen LogP contribution in [0.5, 0.6) is 5.75 Å². The maximum Gasteiger partial charge on any atom is 0.320 e. The predicted octanol–water partition coefficient (Wildman–Crippen LogP) is 1.68. The van der Waals surface area contributed by atoms with Crippen LogP contribution in [0.2, 0.25) is 0 Å². The quantitative estimate of drug-likeness (QED) is 0.482. The topological polar surface area (TPSA) is 153 Å². The third-order valence-electron chi connectivity index (χ3n) is 2.92. The fourth-order valence-corrected chi connectivity index (χ4v) is 1.79. The number of aromatic nitrogens is 2. The maximum absolute atomic E-state index is 12.1. The highest BCUT2D eigenvalue weighted by atomic mass is 16.6. The number of phenolic OH excluding ortho intramolecular Hbond substituents is 1. The summed E-state index contributed by atoms with van der Waals surface area (Å²) in [7, 11) is 0. The second-order valence-corrected chi connectivity index (χ2v) is 4.39. The van der Waals surface area contributed by atoms with Gasteiger partial charge in [0.15, 0.2) is 0 Å². The standard InChI is InChI=1S/C12H11N5O6/c1-2-15-6-9(17(22)23)11(14-15)12(19)13-8-4-3-7(16(20)21)5-10(8)18/h3-6,18H,2H2,1H3,(H,13,19).